The molecule has 4 aromatic rings. The summed E-state index contributed by atoms with van der Waals surface area (Å²) in [6, 6.07) is 6.00. The van der Waals surface area contributed by atoms with Crippen LogP contribution in [0.4, 0.5) is 0 Å². The number of aromatic nitrogens is 4. The molecule has 31 heavy (non-hydrogen) atoms. The Labute approximate surface area is 184 Å². The highest BCUT2D eigenvalue weighted by molar-refractivity contribution is 7.18. The zero-order valence-corrected chi connectivity index (χ0v) is 18.3. The normalized spacial score (nSPS) is 18.0. The summed E-state index contributed by atoms with van der Waals surface area (Å²) < 4.78 is 3.25. The van der Waals surface area contributed by atoms with Gasteiger partial charge < -0.3 is 14.6 Å². The van der Waals surface area contributed by atoms with E-state index in [1.54, 1.807) is 30.7 Å². The van der Waals surface area contributed by atoms with E-state index in [0.29, 0.717) is 25.2 Å². The third kappa shape index (κ3) is 3.81. The molecule has 1 amide bonds. The Morgan fingerprint density at radius 3 is 3.03 bits per heavy atom. The maximum atomic E-state index is 13.0. The number of pyridine rings is 2. The van der Waals surface area contributed by atoms with Gasteiger partial charge in [-0.05, 0) is 49.3 Å². The van der Waals surface area contributed by atoms with Crippen LogP contribution >= 0.6 is 11.3 Å². The molecule has 1 aliphatic heterocycles. The van der Waals surface area contributed by atoms with Crippen molar-refractivity contribution >= 4 is 38.5 Å². The van der Waals surface area contributed by atoms with Gasteiger partial charge in [-0.3, -0.25) is 14.8 Å². The van der Waals surface area contributed by atoms with E-state index in [9.17, 15) is 9.90 Å². The first-order valence-corrected chi connectivity index (χ1v) is 11.6. The summed E-state index contributed by atoms with van der Waals surface area (Å²) in [5.74, 6) is 0.812. The summed E-state index contributed by atoms with van der Waals surface area (Å²) in [6.07, 6.45) is 7.71. The third-order valence-corrected chi connectivity index (χ3v) is 6.90. The van der Waals surface area contributed by atoms with E-state index in [2.05, 4.69) is 14.5 Å². The van der Waals surface area contributed by atoms with Crippen molar-refractivity contribution in [2.75, 3.05) is 13.1 Å². The zero-order chi connectivity index (χ0) is 21.4. The number of fused-ring (bicyclic) bond motifs is 3. The molecule has 160 valence electrons. The van der Waals surface area contributed by atoms with Crippen molar-refractivity contribution in [3.8, 4) is 0 Å². The highest BCUT2D eigenvalue weighted by Gasteiger charge is 2.29. The van der Waals surface area contributed by atoms with E-state index < -0.39 is 6.10 Å². The second-order valence-corrected chi connectivity index (χ2v) is 9.06. The monoisotopic (exact) mass is 435 g/mol. The fraction of sp³-hybridized carbons (Fsp3) is 0.391. The molecule has 0 saturated carbocycles. The Bertz CT molecular complexity index is 1220. The SMILES string of the molecule is CC(O)c1nc2cnc3ccsc3c2n1C1CCCN(C(=O)CCc2cccnc2)C1. The summed E-state index contributed by atoms with van der Waals surface area (Å²) in [6.45, 7) is 3.15. The molecule has 4 aromatic heterocycles. The first kappa shape index (κ1) is 20.1. The largest absolute Gasteiger partial charge is 0.385 e. The quantitative estimate of drug-likeness (QED) is 0.514. The van der Waals surface area contributed by atoms with Crippen molar-refractivity contribution in [1.82, 2.24) is 24.4 Å². The molecule has 1 N–H and O–H groups in total. The molecule has 5 heterocycles. The molecular formula is C23H25N5O2S. The lowest BCUT2D eigenvalue weighted by Gasteiger charge is -2.35. The van der Waals surface area contributed by atoms with E-state index in [0.717, 1.165) is 46.2 Å². The second-order valence-electron chi connectivity index (χ2n) is 8.14. The molecule has 0 radical (unpaired) electrons. The van der Waals surface area contributed by atoms with Crippen LogP contribution in [0, 0.1) is 0 Å². The summed E-state index contributed by atoms with van der Waals surface area (Å²) in [5.41, 5.74) is 3.83. The van der Waals surface area contributed by atoms with Crippen LogP contribution in [0.1, 0.15) is 49.7 Å². The molecule has 2 atom stereocenters. The number of amides is 1. The van der Waals surface area contributed by atoms with Crippen molar-refractivity contribution in [3.05, 3.63) is 53.6 Å². The van der Waals surface area contributed by atoms with E-state index in [-0.39, 0.29) is 11.9 Å². The van der Waals surface area contributed by atoms with Gasteiger partial charge in [0.05, 0.1) is 28.0 Å². The van der Waals surface area contributed by atoms with Crippen LogP contribution in [0.3, 0.4) is 0 Å². The molecule has 1 fully saturated rings. The highest BCUT2D eigenvalue weighted by atomic mass is 32.1. The van der Waals surface area contributed by atoms with Gasteiger partial charge in [0.25, 0.3) is 0 Å². The number of piperidine rings is 1. The Morgan fingerprint density at radius 1 is 1.32 bits per heavy atom. The van der Waals surface area contributed by atoms with Crippen molar-refractivity contribution in [1.29, 1.82) is 0 Å². The average molecular weight is 436 g/mol. The second kappa shape index (κ2) is 8.36. The minimum absolute atomic E-state index is 0.0818. The molecule has 0 aromatic carbocycles. The summed E-state index contributed by atoms with van der Waals surface area (Å²) >= 11 is 1.64. The summed E-state index contributed by atoms with van der Waals surface area (Å²) in [7, 11) is 0. The lowest BCUT2D eigenvalue weighted by atomic mass is 10.0. The highest BCUT2D eigenvalue weighted by Crippen LogP contribution is 2.35. The molecule has 0 bridgehead atoms. The number of hydrogen-bond acceptors (Lipinski definition) is 6. The number of aliphatic hydroxyl groups excluding tert-OH is 1. The molecular weight excluding hydrogens is 410 g/mol. The van der Waals surface area contributed by atoms with Gasteiger partial charge in [-0.1, -0.05) is 6.07 Å². The van der Waals surface area contributed by atoms with Gasteiger partial charge in [-0.15, -0.1) is 11.3 Å². The van der Waals surface area contributed by atoms with E-state index in [4.69, 9.17) is 4.98 Å². The standard InChI is InChI=1S/C23H25N5O2S/c1-15(29)23-26-19-13-25-18-8-11-31-22(18)21(19)28(23)17-5-3-10-27(14-17)20(30)7-6-16-4-2-9-24-12-16/h2,4,8-9,11-13,15,17,29H,3,5-7,10,14H2,1H3. The van der Waals surface area contributed by atoms with Gasteiger partial charge in [-0.2, -0.15) is 0 Å². The van der Waals surface area contributed by atoms with E-state index >= 15 is 0 Å². The number of carbonyl (C=O) groups excluding carboxylic acids is 1. The molecule has 1 aliphatic rings. The van der Waals surface area contributed by atoms with Gasteiger partial charge in [-0.25, -0.2) is 4.98 Å². The number of likely N-dealkylation sites (tertiary alicyclic amines) is 1. The minimum atomic E-state index is -0.695. The van der Waals surface area contributed by atoms with Crippen molar-refractivity contribution in [2.45, 2.75) is 44.8 Å². The number of rotatable bonds is 5. The van der Waals surface area contributed by atoms with Gasteiger partial charge in [0.2, 0.25) is 5.91 Å². The number of aryl methyl sites for hydroxylation is 1. The molecule has 7 nitrogen and oxygen atoms in total. The van der Waals surface area contributed by atoms with Gasteiger partial charge >= 0.3 is 0 Å². The number of aliphatic hydroxyl groups is 1. The predicted octanol–water partition coefficient (Wildman–Crippen LogP) is 3.89. The summed E-state index contributed by atoms with van der Waals surface area (Å²) in [5, 5.41) is 12.5. The third-order valence-electron chi connectivity index (χ3n) is 5.99. The molecule has 1 saturated heterocycles. The predicted molar refractivity (Wildman–Crippen MR) is 121 cm³/mol. The van der Waals surface area contributed by atoms with Crippen LogP contribution < -0.4 is 0 Å². The van der Waals surface area contributed by atoms with Gasteiger partial charge in [0.1, 0.15) is 17.4 Å². The van der Waals surface area contributed by atoms with Crippen LogP contribution in [0.25, 0.3) is 21.3 Å². The molecule has 2 unspecified atom stereocenters. The smallest absolute Gasteiger partial charge is 0.222 e. The lowest BCUT2D eigenvalue weighted by molar-refractivity contribution is -0.132. The molecule has 0 spiro atoms. The maximum Gasteiger partial charge on any atom is 0.222 e. The van der Waals surface area contributed by atoms with Crippen molar-refractivity contribution < 1.29 is 9.90 Å². The van der Waals surface area contributed by atoms with Gasteiger partial charge in [0.15, 0.2) is 0 Å². The number of imidazole rings is 1. The topological polar surface area (TPSA) is 84.1 Å². The Balaban J connectivity index is 1.44. The lowest BCUT2D eigenvalue weighted by Crippen LogP contribution is -2.41. The average Bonchev–Trinajstić information content (AvgIpc) is 3.42. The van der Waals surface area contributed by atoms with Crippen molar-refractivity contribution in [3.63, 3.8) is 0 Å². The number of nitrogens with zero attached hydrogens (tertiary/aromatic N) is 5. The molecule has 5 rings (SSSR count). The maximum absolute atomic E-state index is 13.0. The number of thiophene rings is 1. The van der Waals surface area contributed by atoms with E-state index in [1.807, 2.05) is 34.7 Å². The summed E-state index contributed by atoms with van der Waals surface area (Å²) in [4.78, 5) is 28.3. The van der Waals surface area contributed by atoms with Gasteiger partial charge in [0, 0.05) is 31.9 Å². The molecule has 0 aliphatic carbocycles. The molecule has 8 heteroatoms. The Hall–Kier alpha value is -2.84. The first-order chi connectivity index (χ1) is 15.1. The first-order valence-electron chi connectivity index (χ1n) is 10.7. The van der Waals surface area contributed by atoms with Crippen LogP contribution in [-0.2, 0) is 11.2 Å². The van der Waals surface area contributed by atoms with Crippen LogP contribution in [0.2, 0.25) is 0 Å². The zero-order valence-electron chi connectivity index (χ0n) is 17.4. The van der Waals surface area contributed by atoms with Crippen molar-refractivity contribution in [2.24, 2.45) is 0 Å². The van der Waals surface area contributed by atoms with E-state index in [1.165, 1.54) is 0 Å². The van der Waals surface area contributed by atoms with Crippen LogP contribution in [-0.4, -0.2) is 48.5 Å². The van der Waals surface area contributed by atoms with Crippen LogP contribution in [0.15, 0.2) is 42.2 Å². The van der Waals surface area contributed by atoms with Crippen LogP contribution in [0.5, 0.6) is 0 Å². The Morgan fingerprint density at radius 2 is 2.23 bits per heavy atom. The fourth-order valence-corrected chi connectivity index (χ4v) is 5.40. The Kier molecular flexibility index (Phi) is 5.41. The minimum Gasteiger partial charge on any atom is -0.385 e. The fourth-order valence-electron chi connectivity index (χ4n) is 4.51. The number of hydrogen-bond donors (Lipinski definition) is 1. The number of carbonyl (C=O) groups is 1.